The lowest BCUT2D eigenvalue weighted by Crippen LogP contribution is -1.66. The predicted molar refractivity (Wildman–Crippen MR) is 12.8 cm³/mol. The Bertz CT molecular complexity index is 92.1. The predicted octanol–water partition coefficient (Wildman–Crippen LogP) is -0.477. The van der Waals surface area contributed by atoms with Crippen molar-refractivity contribution in [2.24, 2.45) is 0 Å². The van der Waals surface area contributed by atoms with Crippen molar-refractivity contribution in [2.45, 2.75) is 0 Å². The molecule has 0 bridgehead atoms. The highest BCUT2D eigenvalue weighted by Gasteiger charge is 1.71. The Hall–Kier alpha value is -0.770. The van der Waals surface area contributed by atoms with Crippen LogP contribution in [0, 0.1) is 12.1 Å². The Balaban J connectivity index is 3.55. The lowest BCUT2D eigenvalue weighted by molar-refractivity contribution is 1.98. The molecule has 0 atom stereocenters. The first-order valence-electron chi connectivity index (χ1n) is 0.954. The van der Waals surface area contributed by atoms with Crippen LogP contribution in [0.3, 0.4) is 0 Å². The fraction of sp³-hybridized carbons (Fsp3) is 0. The number of rotatable bonds is 0. The van der Waals surface area contributed by atoms with Gasteiger partial charge in [-0.15, -0.1) is 0 Å². The molecule has 0 saturated carbocycles. The molecule has 0 N–H and O–H groups in total. The van der Waals surface area contributed by atoms with Gasteiger partial charge >= 0.3 is 0 Å². The smallest absolute Gasteiger partial charge is 0.270 e. The Morgan fingerprint density at radius 2 is 1.75 bits per heavy atom. The van der Waals surface area contributed by atoms with Crippen LogP contribution < -0.4 is 5.43 Å². The molecule has 0 amide bonds. The fourth-order valence-corrected chi connectivity index (χ4v) is 0.0255. The van der Waals surface area contributed by atoms with Crippen LogP contribution in [-0.2, 0) is 0 Å². The third kappa shape index (κ3) is 0.0131. The Labute approximate surface area is 23.6 Å². The fourth-order valence-electron chi connectivity index (χ4n) is 0.0255. The molecule has 0 aliphatic heterocycles. The monoisotopic (exact) mass is 52.0 g/mol. The van der Waals surface area contributed by atoms with E-state index in [1.165, 1.54) is 0 Å². The lowest BCUT2D eigenvalue weighted by atomic mass is 11.0. The minimum absolute atomic E-state index is 0.0833. The van der Waals surface area contributed by atoms with Gasteiger partial charge in [0.25, 0.3) is 5.43 Å². The molecule has 0 unspecified atom stereocenters. The Morgan fingerprint density at radius 3 is 1.75 bits per heavy atom. The normalized spacial score (nSPS) is 7.00. The van der Waals surface area contributed by atoms with Gasteiger partial charge in [-0.3, -0.25) is 4.79 Å². The van der Waals surface area contributed by atoms with Gasteiger partial charge in [-0.1, -0.05) is 0 Å². The lowest BCUT2D eigenvalue weighted by Gasteiger charge is -1.11. The van der Waals surface area contributed by atoms with E-state index in [1.54, 1.807) is 0 Å². The van der Waals surface area contributed by atoms with E-state index in [0.717, 1.165) is 0 Å². The molecule has 0 spiro atoms. The molecule has 0 aliphatic carbocycles. The average Bonchev–Trinajstić information content (AvgIpc) is 1.75. The Kier molecular flexibility index (Phi) is 0.0726. The Morgan fingerprint density at radius 1 is 1.50 bits per heavy atom. The van der Waals surface area contributed by atoms with E-state index in [0.29, 0.717) is 0 Å². The summed E-state index contributed by atoms with van der Waals surface area (Å²) in [5, 5.41) is 0. The van der Waals surface area contributed by atoms with Crippen molar-refractivity contribution in [1.29, 1.82) is 0 Å². The summed E-state index contributed by atoms with van der Waals surface area (Å²) in [5.74, 6) is 0. The van der Waals surface area contributed by atoms with Crippen LogP contribution in [0.1, 0.15) is 0 Å². The molecule has 1 nitrogen and oxygen atoms in total. The van der Waals surface area contributed by atoms with E-state index in [-0.39, 0.29) is 5.43 Å². The molecule has 0 aromatic heterocycles. The van der Waals surface area contributed by atoms with Crippen molar-refractivity contribution in [1.82, 2.24) is 0 Å². The first kappa shape index (κ1) is 1.54. The van der Waals surface area contributed by atoms with Crippen molar-refractivity contribution >= 4 is 0 Å². The summed E-state index contributed by atoms with van der Waals surface area (Å²) in [6.45, 7) is 0. The van der Waals surface area contributed by atoms with E-state index in [4.69, 9.17) is 0 Å². The number of hydrogen-bond donors (Lipinski definition) is 0. The van der Waals surface area contributed by atoms with Crippen LogP contribution in [0.2, 0.25) is 0 Å². The molecule has 4 heavy (non-hydrogen) atoms. The molecule has 0 aliphatic rings. The molecule has 1 aromatic rings. The third-order valence-corrected chi connectivity index (χ3v) is 0.227. The molecule has 1 rings (SSSR count). The van der Waals surface area contributed by atoms with Crippen molar-refractivity contribution in [2.75, 3.05) is 0 Å². The van der Waals surface area contributed by atoms with Crippen molar-refractivity contribution in [3.63, 3.8) is 0 Å². The molecule has 0 fully saturated rings. The van der Waals surface area contributed by atoms with Crippen LogP contribution in [0.25, 0.3) is 0 Å². The molecule has 0 heterocycles. The summed E-state index contributed by atoms with van der Waals surface area (Å²) < 4.78 is 0. The highest BCUT2D eigenvalue weighted by molar-refractivity contribution is 4.80. The largest absolute Gasteiger partial charge is 0.280 e. The van der Waals surface area contributed by atoms with Crippen molar-refractivity contribution in [3.8, 4) is 0 Å². The zero-order valence-corrected chi connectivity index (χ0v) is 1.91. The SMILES string of the molecule is O=c1c#c1. The van der Waals surface area contributed by atoms with Crippen molar-refractivity contribution in [3.05, 3.63) is 22.4 Å². The zero-order chi connectivity index (χ0) is 2.99. The van der Waals surface area contributed by atoms with Crippen LogP contribution >= 0.6 is 0 Å². The van der Waals surface area contributed by atoms with Gasteiger partial charge in [0.2, 0.25) is 0 Å². The summed E-state index contributed by atoms with van der Waals surface area (Å²) in [5.41, 5.74) is -0.0833. The van der Waals surface area contributed by atoms with E-state index in [9.17, 15) is 4.79 Å². The van der Waals surface area contributed by atoms with Crippen LogP contribution in [-0.4, -0.2) is 0 Å². The molecule has 1 aromatic carbocycles. The quantitative estimate of drug-likeness (QED) is 0.389. The van der Waals surface area contributed by atoms with Crippen LogP contribution in [0.15, 0.2) is 4.79 Å². The molecular weight excluding hydrogens is 52.0 g/mol. The molecule has 1 heteroatoms. The highest BCUT2D eigenvalue weighted by atomic mass is 16.1. The second-order valence-corrected chi connectivity index (χ2v) is 0.579. The van der Waals surface area contributed by atoms with Crippen LogP contribution in [0.4, 0.5) is 0 Å². The highest BCUT2D eigenvalue weighted by Crippen LogP contribution is 1.40. The minimum atomic E-state index is -0.0833. The van der Waals surface area contributed by atoms with E-state index >= 15 is 0 Å². The molecular formula is C3O. The van der Waals surface area contributed by atoms with Crippen LogP contribution in [0.5, 0.6) is 0 Å². The molecule has 18 valence electrons. The van der Waals surface area contributed by atoms with Gasteiger partial charge in [0.05, 0.1) is 0 Å². The maximum absolute atomic E-state index is 9.33. The molecule has 0 radical (unpaired) electrons. The van der Waals surface area contributed by atoms with Gasteiger partial charge < -0.3 is 0 Å². The summed E-state index contributed by atoms with van der Waals surface area (Å²) in [7, 11) is 0. The zero-order valence-electron chi connectivity index (χ0n) is 1.91. The number of hydrogen-bond acceptors (Lipinski definition) is 1. The van der Waals surface area contributed by atoms with Gasteiger partial charge in [0, 0.05) is 0 Å². The van der Waals surface area contributed by atoms with Gasteiger partial charge in [0.1, 0.15) is 0 Å². The van der Waals surface area contributed by atoms with Gasteiger partial charge in [-0.25, -0.2) is 0 Å². The van der Waals surface area contributed by atoms with E-state index < -0.39 is 0 Å². The summed E-state index contributed by atoms with van der Waals surface area (Å²) in [4.78, 5) is 9.33. The van der Waals surface area contributed by atoms with E-state index in [2.05, 4.69) is 12.1 Å². The maximum atomic E-state index is 9.33. The topological polar surface area (TPSA) is 17.1 Å². The summed E-state index contributed by atoms with van der Waals surface area (Å²) >= 11 is 0. The third-order valence-electron chi connectivity index (χ3n) is 0.227. The summed E-state index contributed by atoms with van der Waals surface area (Å²) in [6.07, 6.45) is 0. The first-order valence-corrected chi connectivity index (χ1v) is 0.954. The summed E-state index contributed by atoms with van der Waals surface area (Å²) in [6, 6.07) is 4.42. The van der Waals surface area contributed by atoms with Gasteiger partial charge in [-0.05, 0) is 12.1 Å². The molecule has 0 saturated heterocycles. The average molecular weight is 52.0 g/mol. The van der Waals surface area contributed by atoms with Crippen molar-refractivity contribution < 1.29 is 0 Å². The minimum Gasteiger partial charge on any atom is -0.270 e. The van der Waals surface area contributed by atoms with Gasteiger partial charge in [-0.2, -0.15) is 0 Å². The second-order valence-electron chi connectivity index (χ2n) is 0.579. The first-order chi connectivity index (χ1) is 1.89. The van der Waals surface area contributed by atoms with E-state index in [1.807, 2.05) is 0 Å². The maximum Gasteiger partial charge on any atom is 0.280 e. The second kappa shape index (κ2) is 0.189. The standard InChI is InChI=1S/C3O/c4-3-1-2-3. The van der Waals surface area contributed by atoms with Gasteiger partial charge in [0.15, 0.2) is 0 Å².